The van der Waals surface area contributed by atoms with Crippen LogP contribution in [0.2, 0.25) is 0 Å². The molecule has 0 aliphatic carbocycles. The Morgan fingerprint density at radius 1 is 1.60 bits per heavy atom. The summed E-state index contributed by atoms with van der Waals surface area (Å²) < 4.78 is 0. The van der Waals surface area contributed by atoms with Gasteiger partial charge in [-0.15, -0.1) is 11.3 Å². The van der Waals surface area contributed by atoms with Crippen molar-refractivity contribution in [3.63, 3.8) is 0 Å². The molecule has 82 valence electrons. The van der Waals surface area contributed by atoms with Gasteiger partial charge in [0.2, 0.25) is 0 Å². The largest absolute Gasteiger partial charge is 0.479 e. The minimum absolute atomic E-state index is 0.326. The van der Waals surface area contributed by atoms with E-state index in [4.69, 9.17) is 5.11 Å². The van der Waals surface area contributed by atoms with Crippen LogP contribution in [0.15, 0.2) is 11.7 Å². The van der Waals surface area contributed by atoms with Crippen LogP contribution in [0.3, 0.4) is 0 Å². The molecule has 15 heavy (non-hydrogen) atoms. The number of urea groups is 1. The minimum atomic E-state index is -1.15. The van der Waals surface area contributed by atoms with Gasteiger partial charge in [-0.05, 0) is 0 Å². The molecule has 1 aromatic rings. The Hall–Kier alpha value is -1.67. The van der Waals surface area contributed by atoms with Gasteiger partial charge in [0.05, 0.1) is 12.1 Å². The second-order valence-electron chi connectivity index (χ2n) is 2.43. The Kier molecular flexibility index (Phi) is 4.51. The number of aromatic nitrogens is 1. The van der Waals surface area contributed by atoms with Gasteiger partial charge in [0.25, 0.3) is 0 Å². The first kappa shape index (κ1) is 11.4. The van der Waals surface area contributed by atoms with Crippen molar-refractivity contribution in [1.29, 1.82) is 0 Å². The third-order valence-corrected chi connectivity index (χ3v) is 2.05. The van der Waals surface area contributed by atoms with Crippen molar-refractivity contribution in [1.82, 2.24) is 15.8 Å². The smallest absolute Gasteiger partial charge is 0.339 e. The second-order valence-corrected chi connectivity index (χ2v) is 3.41. The number of carboxylic acid groups (broad SMARTS) is 1. The van der Waals surface area contributed by atoms with Crippen LogP contribution in [-0.4, -0.2) is 28.7 Å². The fourth-order valence-electron chi connectivity index (χ4n) is 0.696. The van der Waals surface area contributed by atoms with Crippen LogP contribution in [0.25, 0.3) is 0 Å². The first-order chi connectivity index (χ1) is 7.18. The molecule has 1 heterocycles. The van der Waals surface area contributed by atoms with Crippen LogP contribution in [0.4, 0.5) is 4.79 Å². The Labute approximate surface area is 89.0 Å². The summed E-state index contributed by atoms with van der Waals surface area (Å²) in [6.45, 7) is -0.249. The first-order valence-corrected chi connectivity index (χ1v) is 4.81. The van der Waals surface area contributed by atoms with Gasteiger partial charge < -0.3 is 10.4 Å². The van der Waals surface area contributed by atoms with E-state index in [1.165, 1.54) is 11.3 Å². The van der Waals surface area contributed by atoms with E-state index >= 15 is 0 Å². The Bertz CT molecular complexity index is 327. The number of rotatable bonds is 5. The molecule has 1 aromatic heterocycles. The van der Waals surface area contributed by atoms with Gasteiger partial charge in [0, 0.05) is 11.1 Å². The average Bonchev–Trinajstić information content (AvgIpc) is 2.66. The number of hydrogen-bond donors (Lipinski definition) is 3. The van der Waals surface area contributed by atoms with E-state index in [1.807, 2.05) is 5.48 Å². The summed E-state index contributed by atoms with van der Waals surface area (Å²) >= 11 is 1.41. The highest BCUT2D eigenvalue weighted by Crippen LogP contribution is 2.03. The van der Waals surface area contributed by atoms with Crippen LogP contribution in [0, 0.1) is 0 Å². The number of thiazole rings is 1. The van der Waals surface area contributed by atoms with E-state index in [9.17, 15) is 9.59 Å². The number of aliphatic carboxylic acids is 1. The van der Waals surface area contributed by atoms with Crippen molar-refractivity contribution in [2.24, 2.45) is 0 Å². The van der Waals surface area contributed by atoms with Crippen molar-refractivity contribution in [2.75, 3.05) is 6.61 Å². The van der Waals surface area contributed by atoms with E-state index < -0.39 is 18.6 Å². The van der Waals surface area contributed by atoms with Gasteiger partial charge in [0.1, 0.15) is 0 Å². The zero-order valence-electron chi connectivity index (χ0n) is 7.60. The van der Waals surface area contributed by atoms with Crippen LogP contribution in [0.5, 0.6) is 0 Å². The summed E-state index contributed by atoms with van der Waals surface area (Å²) in [5.41, 5.74) is 3.58. The van der Waals surface area contributed by atoms with Gasteiger partial charge in [-0.1, -0.05) is 0 Å². The summed E-state index contributed by atoms with van der Waals surface area (Å²) in [7, 11) is 0. The van der Waals surface area contributed by atoms with Crippen LogP contribution < -0.4 is 10.8 Å². The standard InChI is InChI=1S/C7H9N3O4S/c11-6(12)3-14-10-7(13)9-2-5-1-8-4-15-5/h1,4H,2-3H2,(H,11,12)(H2,9,10,13). The lowest BCUT2D eigenvalue weighted by atomic mass is 10.5. The molecule has 1 rings (SSSR count). The zero-order valence-corrected chi connectivity index (χ0v) is 8.41. The van der Waals surface area contributed by atoms with Crippen LogP contribution in [-0.2, 0) is 16.2 Å². The van der Waals surface area contributed by atoms with Crippen molar-refractivity contribution >= 4 is 23.3 Å². The average molecular weight is 231 g/mol. The molecule has 0 aliphatic heterocycles. The zero-order chi connectivity index (χ0) is 11.1. The highest BCUT2D eigenvalue weighted by atomic mass is 32.1. The lowest BCUT2D eigenvalue weighted by Gasteiger charge is -2.04. The van der Waals surface area contributed by atoms with E-state index in [1.54, 1.807) is 11.7 Å². The van der Waals surface area contributed by atoms with Crippen molar-refractivity contribution < 1.29 is 19.5 Å². The summed E-state index contributed by atoms with van der Waals surface area (Å²) in [6, 6.07) is -0.593. The molecule has 0 bridgehead atoms. The molecule has 0 radical (unpaired) electrons. The summed E-state index contributed by atoms with van der Waals surface area (Å²) in [5, 5.41) is 10.7. The monoisotopic (exact) mass is 231 g/mol. The number of hydrogen-bond acceptors (Lipinski definition) is 5. The molecule has 3 N–H and O–H groups in total. The first-order valence-electron chi connectivity index (χ1n) is 3.93. The van der Waals surface area contributed by atoms with Crippen LogP contribution >= 0.6 is 11.3 Å². The number of hydroxylamine groups is 1. The van der Waals surface area contributed by atoms with E-state index in [0.717, 1.165) is 4.88 Å². The summed E-state index contributed by atoms with van der Waals surface area (Å²) in [4.78, 5) is 30.1. The molecule has 0 unspecified atom stereocenters. The normalized spacial score (nSPS) is 9.60. The topological polar surface area (TPSA) is 101 Å². The quantitative estimate of drug-likeness (QED) is 0.617. The maximum Gasteiger partial charge on any atom is 0.339 e. The molecule has 0 aliphatic rings. The van der Waals surface area contributed by atoms with Gasteiger partial charge in [-0.2, -0.15) is 0 Å². The molecule has 7 nitrogen and oxygen atoms in total. The molecule has 0 saturated heterocycles. The number of carboxylic acids is 1. The number of carbonyl (C=O) groups is 2. The van der Waals surface area contributed by atoms with E-state index in [0.29, 0.717) is 6.54 Å². The van der Waals surface area contributed by atoms with Gasteiger partial charge in [0.15, 0.2) is 6.61 Å². The number of nitrogens with one attached hydrogen (secondary N) is 2. The fourth-order valence-corrected chi connectivity index (χ4v) is 1.23. The third-order valence-electron chi connectivity index (χ3n) is 1.27. The number of amides is 2. The van der Waals surface area contributed by atoms with Gasteiger partial charge in [-0.25, -0.2) is 15.1 Å². The number of nitrogens with zero attached hydrogens (tertiary/aromatic N) is 1. The molecule has 0 spiro atoms. The molecular formula is C7H9N3O4S. The minimum Gasteiger partial charge on any atom is -0.479 e. The van der Waals surface area contributed by atoms with Gasteiger partial charge >= 0.3 is 12.0 Å². The Morgan fingerprint density at radius 3 is 3.00 bits per heavy atom. The summed E-state index contributed by atoms with van der Waals surface area (Å²) in [6.07, 6.45) is 1.63. The molecule has 0 atom stereocenters. The van der Waals surface area contributed by atoms with Crippen molar-refractivity contribution in [2.45, 2.75) is 6.54 Å². The lowest BCUT2D eigenvalue weighted by molar-refractivity contribution is -0.144. The summed E-state index contributed by atoms with van der Waals surface area (Å²) in [5.74, 6) is -1.15. The van der Waals surface area contributed by atoms with Gasteiger partial charge in [-0.3, -0.25) is 9.82 Å². The Morgan fingerprint density at radius 2 is 2.40 bits per heavy atom. The Balaban J connectivity index is 2.11. The SMILES string of the molecule is O=C(O)CONC(=O)NCc1cncs1. The number of carbonyl (C=O) groups excluding carboxylic acids is 1. The molecule has 2 amide bonds. The second kappa shape index (κ2) is 5.94. The van der Waals surface area contributed by atoms with Crippen LogP contribution in [0.1, 0.15) is 4.88 Å². The fraction of sp³-hybridized carbons (Fsp3) is 0.286. The van der Waals surface area contributed by atoms with Crippen molar-refractivity contribution in [3.8, 4) is 0 Å². The molecule has 0 saturated carbocycles. The highest BCUT2D eigenvalue weighted by Gasteiger charge is 2.02. The predicted octanol–water partition coefficient (Wildman–Crippen LogP) is -0.0415. The highest BCUT2D eigenvalue weighted by molar-refractivity contribution is 7.09. The molecule has 0 fully saturated rings. The molecular weight excluding hydrogens is 222 g/mol. The van der Waals surface area contributed by atoms with E-state index in [2.05, 4.69) is 15.1 Å². The lowest BCUT2D eigenvalue weighted by Crippen LogP contribution is -2.36. The third kappa shape index (κ3) is 4.93. The maximum atomic E-state index is 11.0. The molecule has 0 aromatic carbocycles. The van der Waals surface area contributed by atoms with Crippen molar-refractivity contribution in [3.05, 3.63) is 16.6 Å². The predicted molar refractivity (Wildman–Crippen MR) is 51.1 cm³/mol. The van der Waals surface area contributed by atoms with E-state index in [-0.39, 0.29) is 0 Å². The maximum absolute atomic E-state index is 11.0. The molecule has 8 heteroatoms.